The first-order valence-electron chi connectivity index (χ1n) is 20.3. The Hall–Kier alpha value is -4.16. The number of hydrogen-bond donors (Lipinski definition) is 3. The zero-order valence-electron chi connectivity index (χ0n) is 35.0. The molecule has 4 aromatic rings. The lowest BCUT2D eigenvalue weighted by Crippen LogP contribution is -2.23. The number of benzene rings is 2. The largest absolute Gasteiger partial charge is 0.472 e. The lowest BCUT2D eigenvalue weighted by Gasteiger charge is -2.18. The molecule has 3 N–H and O–H groups in total. The molecular formula is C43H53Cl3N6O9S. The fourth-order valence-electron chi connectivity index (χ4n) is 6.93. The molecule has 2 aromatic carbocycles. The van der Waals surface area contributed by atoms with Crippen LogP contribution in [0.25, 0.3) is 0 Å². The fraction of sp³-hybridized carbons (Fsp3) is 0.488. The Bertz CT molecular complexity index is 2200. The molecule has 4 heterocycles. The second kappa shape index (κ2) is 22.5. The summed E-state index contributed by atoms with van der Waals surface area (Å²) in [4.78, 5) is 43.3. The number of rotatable bonds is 14. The molecule has 62 heavy (non-hydrogen) atoms. The molecule has 2 saturated carbocycles. The Balaban J connectivity index is 0.000000200. The van der Waals surface area contributed by atoms with Crippen molar-refractivity contribution in [2.75, 3.05) is 50.5 Å². The monoisotopic (exact) mass is 934 g/mol. The number of aliphatic hydroxyl groups excluding tert-OH is 2. The number of anilines is 1. The summed E-state index contributed by atoms with van der Waals surface area (Å²) in [5.74, 6) is -0.374. The van der Waals surface area contributed by atoms with Crippen LogP contribution in [0.2, 0.25) is 10.0 Å². The number of aliphatic hydroxyl groups is 2. The number of ether oxygens (including phenoxy) is 4. The van der Waals surface area contributed by atoms with Crippen LogP contribution in [0.15, 0.2) is 53.9 Å². The van der Waals surface area contributed by atoms with Crippen molar-refractivity contribution < 1.29 is 43.0 Å². The second-order valence-electron chi connectivity index (χ2n) is 15.5. The van der Waals surface area contributed by atoms with Crippen molar-refractivity contribution in [2.45, 2.75) is 84.0 Å². The molecule has 2 aromatic heterocycles. The van der Waals surface area contributed by atoms with Crippen LogP contribution < -0.4 is 19.7 Å². The number of carbonyl (C=O) groups is 2. The summed E-state index contributed by atoms with van der Waals surface area (Å²) in [6, 6.07) is 10.4. The van der Waals surface area contributed by atoms with Gasteiger partial charge in [0.15, 0.2) is 0 Å². The number of esters is 2. The molecule has 8 rings (SSSR count). The van der Waals surface area contributed by atoms with Gasteiger partial charge in [0.25, 0.3) is 0 Å². The third-order valence-electron chi connectivity index (χ3n) is 11.0. The van der Waals surface area contributed by atoms with Gasteiger partial charge in [-0.1, -0.05) is 47.5 Å². The van der Waals surface area contributed by atoms with E-state index in [4.69, 9.17) is 47.3 Å². The highest BCUT2D eigenvalue weighted by Crippen LogP contribution is 2.53. The van der Waals surface area contributed by atoms with Gasteiger partial charge in [-0.05, 0) is 104 Å². The van der Waals surface area contributed by atoms with Gasteiger partial charge in [0.05, 0.1) is 49.6 Å². The van der Waals surface area contributed by atoms with E-state index in [1.807, 2.05) is 6.07 Å². The van der Waals surface area contributed by atoms with Gasteiger partial charge in [0, 0.05) is 35.9 Å². The molecule has 336 valence electrons. The van der Waals surface area contributed by atoms with E-state index in [9.17, 15) is 18.9 Å². The zero-order valence-corrected chi connectivity index (χ0v) is 38.1. The maximum Gasteiger partial charge on any atom is 0.345 e. The van der Waals surface area contributed by atoms with E-state index in [0.717, 1.165) is 36.1 Å². The number of halogens is 3. The minimum Gasteiger partial charge on any atom is -0.472 e. The van der Waals surface area contributed by atoms with E-state index in [2.05, 4.69) is 30.2 Å². The van der Waals surface area contributed by atoms with Crippen LogP contribution >= 0.6 is 35.6 Å². The van der Waals surface area contributed by atoms with Gasteiger partial charge in [-0.3, -0.25) is 4.21 Å². The molecule has 0 radical (unpaired) electrons. The summed E-state index contributed by atoms with van der Waals surface area (Å²) in [5, 5.41) is 22.7. The molecule has 0 bridgehead atoms. The highest BCUT2D eigenvalue weighted by molar-refractivity contribution is 7.84. The van der Waals surface area contributed by atoms with Crippen LogP contribution in [-0.2, 0) is 46.7 Å². The highest BCUT2D eigenvalue weighted by atomic mass is 35.5. The average Bonchev–Trinajstić information content (AvgIpc) is 4.10. The molecule has 1 unspecified atom stereocenters. The molecule has 19 heteroatoms. The fourth-order valence-corrected chi connectivity index (χ4v) is 7.87. The molecule has 2 aliphatic carbocycles. The number of hydrogen-bond acceptors (Lipinski definition) is 15. The number of nitrogens with zero attached hydrogens (tertiary/aromatic N) is 5. The number of nitrogens with one attached hydrogen (secondary N) is 1. The van der Waals surface area contributed by atoms with Gasteiger partial charge in [-0.25, -0.2) is 19.6 Å². The van der Waals surface area contributed by atoms with E-state index in [1.165, 1.54) is 63.8 Å². The van der Waals surface area contributed by atoms with Crippen LogP contribution in [0.1, 0.15) is 95.3 Å². The van der Waals surface area contributed by atoms with E-state index in [0.29, 0.717) is 32.5 Å². The van der Waals surface area contributed by atoms with Gasteiger partial charge in [-0.15, -0.1) is 12.4 Å². The van der Waals surface area contributed by atoms with Gasteiger partial charge < -0.3 is 39.4 Å². The standard InChI is InChI=1S/C21H24ClN3O4.C16H17ClN2O5S.C6H11N.ClH/c1-2-28-19(27)16-10-23-20(25-8-7-21(13-25)5-6-21)24-18(16)29-12-14-3-4-15(11-26)17(22)9-14;1-3-23-15(21)12-7-18-16(25(2)22)19-14(12)24-9-10-4-5-11(8-20)13(17)6-10;1-2-6(1)3-4-7-5-6;/h3-4,9-10,26H,2,5-8,11-13H2,1H3;4-7,20H,3,8-9H2,1-2H3;7H,1-5H2;1H. The Kier molecular flexibility index (Phi) is 17.7. The maximum absolute atomic E-state index is 12.3. The van der Waals surface area contributed by atoms with Gasteiger partial charge >= 0.3 is 11.9 Å². The van der Waals surface area contributed by atoms with Gasteiger partial charge in [-0.2, -0.15) is 9.97 Å². The minimum absolute atomic E-state index is 0. The van der Waals surface area contributed by atoms with Crippen LogP contribution in [0, 0.1) is 10.8 Å². The predicted molar refractivity (Wildman–Crippen MR) is 237 cm³/mol. The number of carbonyl (C=O) groups excluding carboxylic acids is 2. The Labute approximate surface area is 380 Å². The van der Waals surface area contributed by atoms with Crippen molar-refractivity contribution >= 4 is 64.3 Å². The Morgan fingerprint density at radius 2 is 1.32 bits per heavy atom. The molecule has 4 fully saturated rings. The third kappa shape index (κ3) is 13.0. The summed E-state index contributed by atoms with van der Waals surface area (Å²) < 4.78 is 33.1. The normalized spacial score (nSPS) is 16.5. The molecule has 4 aliphatic rings. The lowest BCUT2D eigenvalue weighted by atomic mass is 10.1. The summed E-state index contributed by atoms with van der Waals surface area (Å²) >= 11 is 12.2. The Morgan fingerprint density at radius 3 is 1.74 bits per heavy atom. The van der Waals surface area contributed by atoms with Crippen molar-refractivity contribution in [3.8, 4) is 11.8 Å². The topological polar surface area (TPSA) is 195 Å². The molecule has 2 saturated heterocycles. The SMILES string of the molecule is C1CC2(CC2)CN1.CCOC(=O)c1cnc(N2CCC3(CC3)C2)nc1OCc1ccc(CO)c(Cl)c1.CCOC(=O)c1cnc(S(C)=O)nc1OCc1ccc(CO)c(Cl)c1.Cl. The average molecular weight is 936 g/mol. The van der Waals surface area contributed by atoms with Crippen molar-refractivity contribution in [3.63, 3.8) is 0 Å². The molecule has 0 amide bonds. The second-order valence-corrected chi connectivity index (χ2v) is 17.6. The summed E-state index contributed by atoms with van der Waals surface area (Å²) in [6.07, 6.45) is 12.3. The van der Waals surface area contributed by atoms with Crippen molar-refractivity contribution in [2.24, 2.45) is 10.8 Å². The van der Waals surface area contributed by atoms with Gasteiger partial charge in [0.1, 0.15) is 24.3 Å². The molecular weight excluding hydrogens is 883 g/mol. The van der Waals surface area contributed by atoms with Crippen LogP contribution in [0.5, 0.6) is 11.8 Å². The first-order valence-corrected chi connectivity index (χ1v) is 22.6. The first-order chi connectivity index (χ1) is 29.4. The number of aromatic nitrogens is 4. The van der Waals surface area contributed by atoms with Crippen molar-refractivity contribution in [1.82, 2.24) is 25.3 Å². The van der Waals surface area contributed by atoms with E-state index in [1.54, 1.807) is 44.2 Å². The summed E-state index contributed by atoms with van der Waals surface area (Å²) in [6.45, 7) is 8.29. The lowest BCUT2D eigenvalue weighted by molar-refractivity contribution is 0.0509. The molecule has 2 aliphatic heterocycles. The third-order valence-corrected chi connectivity index (χ3v) is 12.4. The quantitative estimate of drug-likeness (QED) is 0.0896. The molecule has 2 spiro atoms. The van der Waals surface area contributed by atoms with Crippen LogP contribution in [-0.4, -0.2) is 91.9 Å². The van der Waals surface area contributed by atoms with Gasteiger partial charge in [0.2, 0.25) is 22.9 Å². The predicted octanol–water partition coefficient (Wildman–Crippen LogP) is 6.67. The molecule has 1 atom stereocenters. The van der Waals surface area contributed by atoms with E-state index < -0.39 is 22.7 Å². The van der Waals surface area contributed by atoms with Crippen molar-refractivity contribution in [1.29, 1.82) is 0 Å². The first kappa shape index (κ1) is 48.9. The zero-order chi connectivity index (χ0) is 43.6. The highest BCUT2D eigenvalue weighted by Gasteiger charge is 2.48. The van der Waals surface area contributed by atoms with Crippen molar-refractivity contribution in [3.05, 3.63) is 92.2 Å². The van der Waals surface area contributed by atoms with E-state index in [-0.39, 0.29) is 80.1 Å². The minimum atomic E-state index is -1.42. The smallest absolute Gasteiger partial charge is 0.345 e. The summed E-state index contributed by atoms with van der Waals surface area (Å²) in [7, 11) is -1.42. The van der Waals surface area contributed by atoms with Crippen LogP contribution in [0.3, 0.4) is 0 Å². The summed E-state index contributed by atoms with van der Waals surface area (Å²) in [5.41, 5.74) is 4.30. The van der Waals surface area contributed by atoms with E-state index >= 15 is 0 Å². The molecule has 15 nitrogen and oxygen atoms in total. The Morgan fingerprint density at radius 1 is 0.790 bits per heavy atom. The maximum atomic E-state index is 12.3. The van der Waals surface area contributed by atoms with Crippen LogP contribution in [0.4, 0.5) is 5.95 Å².